The summed E-state index contributed by atoms with van der Waals surface area (Å²) in [6, 6.07) is 2.73. The maximum atomic E-state index is 9.75. The highest BCUT2D eigenvalue weighted by Crippen LogP contribution is 2.38. The van der Waals surface area contributed by atoms with Gasteiger partial charge in [-0.05, 0) is 57.1 Å². The summed E-state index contributed by atoms with van der Waals surface area (Å²) in [4.78, 5) is 7.30. The van der Waals surface area contributed by atoms with Gasteiger partial charge in [-0.25, -0.2) is 4.98 Å². The minimum Gasteiger partial charge on any atom is -0.392 e. The van der Waals surface area contributed by atoms with Gasteiger partial charge < -0.3 is 10.0 Å². The van der Waals surface area contributed by atoms with Crippen molar-refractivity contribution in [2.24, 2.45) is 5.92 Å². The Kier molecular flexibility index (Phi) is 3.97. The van der Waals surface area contributed by atoms with Gasteiger partial charge in [0.05, 0.1) is 6.61 Å². The molecule has 2 atom stereocenters. The third-order valence-electron chi connectivity index (χ3n) is 5.13. The molecule has 0 radical (unpaired) electrons. The molecule has 2 heterocycles. The van der Waals surface area contributed by atoms with Gasteiger partial charge in [-0.15, -0.1) is 0 Å². The van der Waals surface area contributed by atoms with Crippen molar-refractivity contribution in [3.63, 3.8) is 0 Å². The van der Waals surface area contributed by atoms with Crippen molar-refractivity contribution in [2.75, 3.05) is 11.4 Å². The molecule has 0 spiro atoms. The van der Waals surface area contributed by atoms with Crippen molar-refractivity contribution in [1.82, 2.24) is 4.98 Å². The van der Waals surface area contributed by atoms with Crippen LogP contribution in [0.25, 0.3) is 0 Å². The molecule has 1 N–H and O–H groups in total. The molecule has 2 aliphatic rings. The van der Waals surface area contributed by atoms with Crippen LogP contribution in [0.2, 0.25) is 0 Å². The second kappa shape index (κ2) is 5.72. The second-order valence-corrected chi connectivity index (χ2v) is 6.49. The van der Waals surface area contributed by atoms with E-state index in [4.69, 9.17) is 4.98 Å². The van der Waals surface area contributed by atoms with E-state index in [2.05, 4.69) is 24.8 Å². The van der Waals surface area contributed by atoms with E-state index in [1.807, 2.05) is 0 Å². The first-order valence-electron chi connectivity index (χ1n) is 8.05. The molecule has 3 heteroatoms. The summed E-state index contributed by atoms with van der Waals surface area (Å²) < 4.78 is 0. The SMILES string of the molecule is Cc1cc(C)c(CO)c(N2CCCC3CCCCC32)n1. The van der Waals surface area contributed by atoms with E-state index in [0.717, 1.165) is 29.5 Å². The predicted octanol–water partition coefficient (Wildman–Crippen LogP) is 3.35. The van der Waals surface area contributed by atoms with Gasteiger partial charge in [0, 0.05) is 23.8 Å². The molecule has 0 aromatic carbocycles. The zero-order chi connectivity index (χ0) is 14.1. The van der Waals surface area contributed by atoms with E-state index in [-0.39, 0.29) is 6.61 Å². The van der Waals surface area contributed by atoms with Crippen molar-refractivity contribution in [3.05, 3.63) is 22.9 Å². The van der Waals surface area contributed by atoms with Crippen LogP contribution < -0.4 is 4.90 Å². The Labute approximate surface area is 122 Å². The first-order valence-corrected chi connectivity index (χ1v) is 8.05. The summed E-state index contributed by atoms with van der Waals surface area (Å²) in [7, 11) is 0. The number of hydrogen-bond acceptors (Lipinski definition) is 3. The number of pyridine rings is 1. The minimum atomic E-state index is 0.0995. The van der Waals surface area contributed by atoms with Crippen molar-refractivity contribution in [3.8, 4) is 0 Å². The van der Waals surface area contributed by atoms with Gasteiger partial charge in [-0.3, -0.25) is 0 Å². The minimum absolute atomic E-state index is 0.0995. The van der Waals surface area contributed by atoms with Gasteiger partial charge in [-0.2, -0.15) is 0 Å². The Morgan fingerprint density at radius 1 is 1.20 bits per heavy atom. The molecule has 1 aromatic heterocycles. The highest BCUT2D eigenvalue weighted by atomic mass is 16.3. The second-order valence-electron chi connectivity index (χ2n) is 6.49. The smallest absolute Gasteiger partial charge is 0.134 e. The van der Waals surface area contributed by atoms with Crippen LogP contribution in [0.4, 0.5) is 5.82 Å². The number of aliphatic hydroxyl groups excluding tert-OH is 1. The summed E-state index contributed by atoms with van der Waals surface area (Å²) in [5.74, 6) is 1.90. The van der Waals surface area contributed by atoms with Crippen LogP contribution in [0.1, 0.15) is 55.3 Å². The molecule has 2 unspecified atom stereocenters. The lowest BCUT2D eigenvalue weighted by Crippen LogP contribution is -2.47. The van der Waals surface area contributed by atoms with Crippen LogP contribution in [0, 0.1) is 19.8 Å². The van der Waals surface area contributed by atoms with E-state index in [1.165, 1.54) is 44.1 Å². The standard InChI is InChI=1S/C17H26N2O/c1-12-10-13(2)18-17(15(12)11-20)19-9-5-7-14-6-3-4-8-16(14)19/h10,14,16,20H,3-9,11H2,1-2H3. The normalized spacial score (nSPS) is 26.4. The highest BCUT2D eigenvalue weighted by molar-refractivity contribution is 5.52. The van der Waals surface area contributed by atoms with Gasteiger partial charge in [0.25, 0.3) is 0 Å². The van der Waals surface area contributed by atoms with Crippen molar-refractivity contribution < 1.29 is 5.11 Å². The lowest BCUT2D eigenvalue weighted by molar-refractivity contribution is 0.239. The highest BCUT2D eigenvalue weighted by Gasteiger charge is 2.34. The zero-order valence-electron chi connectivity index (χ0n) is 12.7. The molecule has 1 aliphatic carbocycles. The Bertz CT molecular complexity index is 484. The fourth-order valence-corrected chi connectivity index (χ4v) is 4.16. The van der Waals surface area contributed by atoms with Gasteiger partial charge in [-0.1, -0.05) is 12.8 Å². The number of aromatic nitrogens is 1. The number of piperidine rings is 1. The summed E-state index contributed by atoms with van der Waals surface area (Å²) >= 11 is 0. The summed E-state index contributed by atoms with van der Waals surface area (Å²) in [6.07, 6.45) is 8.05. The van der Waals surface area contributed by atoms with E-state index in [1.54, 1.807) is 0 Å². The van der Waals surface area contributed by atoms with Crippen LogP contribution in [0.15, 0.2) is 6.07 Å². The fourth-order valence-electron chi connectivity index (χ4n) is 4.16. The predicted molar refractivity (Wildman–Crippen MR) is 82.0 cm³/mol. The number of anilines is 1. The molecular weight excluding hydrogens is 248 g/mol. The molecule has 3 rings (SSSR count). The van der Waals surface area contributed by atoms with Crippen LogP contribution in [-0.2, 0) is 6.61 Å². The van der Waals surface area contributed by atoms with E-state index in [0.29, 0.717) is 6.04 Å². The molecular formula is C17H26N2O. The van der Waals surface area contributed by atoms with Crippen LogP contribution in [-0.4, -0.2) is 22.7 Å². The van der Waals surface area contributed by atoms with Crippen LogP contribution in [0.5, 0.6) is 0 Å². The average molecular weight is 274 g/mol. The number of rotatable bonds is 2. The van der Waals surface area contributed by atoms with Crippen molar-refractivity contribution in [2.45, 2.75) is 65.0 Å². The lowest BCUT2D eigenvalue weighted by Gasteiger charge is -2.45. The zero-order valence-corrected chi connectivity index (χ0v) is 12.7. The number of aryl methyl sites for hydroxylation is 2. The van der Waals surface area contributed by atoms with Crippen LogP contribution in [0.3, 0.4) is 0 Å². The molecule has 1 saturated heterocycles. The Hall–Kier alpha value is -1.09. The number of aliphatic hydroxyl groups is 1. The summed E-state index contributed by atoms with van der Waals surface area (Å²) in [5.41, 5.74) is 3.27. The molecule has 1 aliphatic heterocycles. The van der Waals surface area contributed by atoms with Gasteiger partial charge in [0.2, 0.25) is 0 Å². The van der Waals surface area contributed by atoms with E-state index < -0.39 is 0 Å². The Morgan fingerprint density at radius 2 is 1.95 bits per heavy atom. The quantitative estimate of drug-likeness (QED) is 0.898. The summed E-state index contributed by atoms with van der Waals surface area (Å²) in [6.45, 7) is 5.35. The Balaban J connectivity index is 1.98. The maximum Gasteiger partial charge on any atom is 0.134 e. The molecule has 20 heavy (non-hydrogen) atoms. The first kappa shape index (κ1) is 13.9. The molecule has 3 nitrogen and oxygen atoms in total. The fraction of sp³-hybridized carbons (Fsp3) is 0.706. The van der Waals surface area contributed by atoms with Gasteiger partial charge in [0.15, 0.2) is 0 Å². The molecule has 1 saturated carbocycles. The van der Waals surface area contributed by atoms with E-state index in [9.17, 15) is 5.11 Å². The molecule has 1 aromatic rings. The topological polar surface area (TPSA) is 36.4 Å². The largest absolute Gasteiger partial charge is 0.392 e. The molecule has 110 valence electrons. The summed E-state index contributed by atoms with van der Waals surface area (Å²) in [5, 5.41) is 9.75. The van der Waals surface area contributed by atoms with E-state index >= 15 is 0 Å². The third kappa shape index (κ3) is 2.44. The van der Waals surface area contributed by atoms with Crippen molar-refractivity contribution >= 4 is 5.82 Å². The molecule has 0 amide bonds. The molecule has 0 bridgehead atoms. The van der Waals surface area contributed by atoms with Gasteiger partial charge >= 0.3 is 0 Å². The van der Waals surface area contributed by atoms with Crippen molar-refractivity contribution in [1.29, 1.82) is 0 Å². The van der Waals surface area contributed by atoms with Gasteiger partial charge in [0.1, 0.15) is 5.82 Å². The lowest BCUT2D eigenvalue weighted by atomic mass is 9.78. The Morgan fingerprint density at radius 3 is 2.75 bits per heavy atom. The number of fused-ring (bicyclic) bond motifs is 1. The number of nitrogens with zero attached hydrogens (tertiary/aromatic N) is 2. The first-order chi connectivity index (χ1) is 9.70. The van der Waals surface area contributed by atoms with Crippen LogP contribution >= 0.6 is 0 Å². The number of hydrogen-bond donors (Lipinski definition) is 1. The maximum absolute atomic E-state index is 9.75. The monoisotopic (exact) mass is 274 g/mol. The third-order valence-corrected chi connectivity index (χ3v) is 5.13. The average Bonchev–Trinajstić information content (AvgIpc) is 2.46. The molecule has 2 fully saturated rings.